The van der Waals surface area contributed by atoms with E-state index < -0.39 is 75.7 Å². The molecule has 322 valence electrons. The van der Waals surface area contributed by atoms with Gasteiger partial charge in [0.05, 0.1) is 6.61 Å². The fourth-order valence-electron chi connectivity index (χ4n) is 6.26. The zero-order chi connectivity index (χ0) is 40.7. The van der Waals surface area contributed by atoms with Crippen molar-refractivity contribution in [3.63, 3.8) is 0 Å². The maximum atomic E-state index is 12.8. The minimum atomic E-state index is -5.11. The monoisotopic (exact) mass is 806 g/mol. The molecule has 55 heavy (non-hydrogen) atoms. The van der Waals surface area contributed by atoms with E-state index in [1.165, 1.54) is 51.4 Å². The first-order valence-corrected chi connectivity index (χ1v) is 22.6. The molecule has 1 rings (SSSR count). The number of esters is 2. The van der Waals surface area contributed by atoms with Gasteiger partial charge in [0.15, 0.2) is 6.10 Å². The molecule has 1 saturated carbocycles. The molecule has 1 fully saturated rings. The SMILES string of the molecule is CCCC/C=C/CCCCCCCC(=O)O[C@H](COC(=O)CCCCCCC/C=C/CCCCCCCC)COP(=O)(O)OC1C(O)C(O)C(O)[C@@H](O)C1O. The Bertz CT molecular complexity index is 1070. The van der Waals surface area contributed by atoms with Crippen LogP contribution in [0.1, 0.15) is 168 Å². The summed E-state index contributed by atoms with van der Waals surface area (Å²) in [4.78, 5) is 35.5. The Morgan fingerprint density at radius 2 is 0.945 bits per heavy atom. The molecule has 0 saturated heterocycles. The van der Waals surface area contributed by atoms with Crippen molar-refractivity contribution in [3.05, 3.63) is 24.3 Å². The van der Waals surface area contributed by atoms with Crippen molar-refractivity contribution >= 4 is 19.8 Å². The van der Waals surface area contributed by atoms with Gasteiger partial charge in [0.2, 0.25) is 0 Å². The van der Waals surface area contributed by atoms with Crippen LogP contribution in [0.3, 0.4) is 0 Å². The predicted molar refractivity (Wildman–Crippen MR) is 212 cm³/mol. The molecule has 0 heterocycles. The number of ether oxygens (including phenoxy) is 2. The van der Waals surface area contributed by atoms with E-state index in [-0.39, 0.29) is 12.8 Å². The predicted octanol–water partition coefficient (Wildman–Crippen LogP) is 7.28. The van der Waals surface area contributed by atoms with Gasteiger partial charge in [0.25, 0.3) is 0 Å². The lowest BCUT2D eigenvalue weighted by molar-refractivity contribution is -0.220. The highest BCUT2D eigenvalue weighted by Gasteiger charge is 2.51. The number of unbranched alkanes of at least 4 members (excludes halogenated alkanes) is 18. The van der Waals surface area contributed by atoms with Crippen LogP contribution in [-0.2, 0) is 32.7 Å². The second kappa shape index (κ2) is 32.3. The first-order valence-electron chi connectivity index (χ1n) is 21.1. The van der Waals surface area contributed by atoms with Crippen molar-refractivity contribution in [2.45, 2.75) is 211 Å². The van der Waals surface area contributed by atoms with Crippen molar-refractivity contribution < 1.29 is 63.1 Å². The molecule has 8 atom stereocenters. The van der Waals surface area contributed by atoms with Crippen LogP contribution in [0.2, 0.25) is 0 Å². The molecule has 13 nitrogen and oxygen atoms in total. The van der Waals surface area contributed by atoms with Crippen LogP contribution in [-0.4, -0.2) is 98.3 Å². The van der Waals surface area contributed by atoms with Crippen LogP contribution in [0.15, 0.2) is 24.3 Å². The van der Waals surface area contributed by atoms with Gasteiger partial charge in [0, 0.05) is 12.8 Å². The van der Waals surface area contributed by atoms with Gasteiger partial charge in [-0.15, -0.1) is 0 Å². The summed E-state index contributed by atoms with van der Waals surface area (Å²) >= 11 is 0. The van der Waals surface area contributed by atoms with Crippen LogP contribution in [0.5, 0.6) is 0 Å². The number of aliphatic hydroxyl groups is 5. The highest BCUT2D eigenvalue weighted by Crippen LogP contribution is 2.47. The Kier molecular flexibility index (Phi) is 30.2. The van der Waals surface area contributed by atoms with E-state index in [0.29, 0.717) is 12.8 Å². The standard InChI is InChI=1S/C41H75O13P/c1-3-5-7-9-11-13-15-16-17-18-20-21-23-25-27-29-34(42)51-31-33(53-35(43)30-28-26-24-22-19-14-12-10-8-6-4-2)32-52-55(49,50)54-41-39(47)37(45)36(44)38(46)40(41)48/h10,12,16-17,33,36-41,44-48H,3-9,11,13-15,18-32H2,1-2H3,(H,49,50)/b12-10+,17-16+/t33-,36?,37-,38?,39?,40?,41?/m1/s1. The van der Waals surface area contributed by atoms with E-state index in [1.807, 2.05) is 0 Å². The molecule has 6 N–H and O–H groups in total. The summed E-state index contributed by atoms with van der Waals surface area (Å²) in [5.41, 5.74) is 0. The van der Waals surface area contributed by atoms with E-state index in [1.54, 1.807) is 0 Å². The number of rotatable bonds is 34. The lowest BCUT2D eigenvalue weighted by atomic mass is 9.85. The number of carbonyl (C=O) groups is 2. The van der Waals surface area contributed by atoms with Gasteiger partial charge in [-0.05, 0) is 57.8 Å². The zero-order valence-corrected chi connectivity index (χ0v) is 34.6. The summed E-state index contributed by atoms with van der Waals surface area (Å²) in [6.45, 7) is 3.22. The third-order valence-corrected chi connectivity index (χ3v) is 10.8. The number of hydrogen-bond donors (Lipinski definition) is 6. The minimum absolute atomic E-state index is 0.0854. The second-order valence-corrected chi connectivity index (χ2v) is 16.2. The Morgan fingerprint density at radius 1 is 0.545 bits per heavy atom. The number of phosphoric acid groups is 1. The van der Waals surface area contributed by atoms with Gasteiger partial charge in [0.1, 0.15) is 43.2 Å². The van der Waals surface area contributed by atoms with Crippen LogP contribution < -0.4 is 0 Å². The molecule has 6 unspecified atom stereocenters. The largest absolute Gasteiger partial charge is 0.472 e. The number of hydrogen-bond acceptors (Lipinski definition) is 12. The van der Waals surface area contributed by atoms with Crippen LogP contribution >= 0.6 is 7.82 Å². The zero-order valence-electron chi connectivity index (χ0n) is 33.7. The van der Waals surface area contributed by atoms with Crippen LogP contribution in [0.25, 0.3) is 0 Å². The van der Waals surface area contributed by atoms with E-state index in [0.717, 1.165) is 77.0 Å². The van der Waals surface area contributed by atoms with Gasteiger partial charge >= 0.3 is 19.8 Å². The maximum Gasteiger partial charge on any atom is 0.472 e. The Labute approximate surface area is 330 Å². The Hall–Kier alpha value is -1.67. The topological polar surface area (TPSA) is 210 Å². The first kappa shape index (κ1) is 51.3. The normalized spacial score (nSPS) is 23.3. The average Bonchev–Trinajstić information content (AvgIpc) is 3.16. The summed E-state index contributed by atoms with van der Waals surface area (Å²) in [5, 5.41) is 50.0. The fourth-order valence-corrected chi connectivity index (χ4v) is 7.23. The summed E-state index contributed by atoms with van der Waals surface area (Å²) in [5.74, 6) is -1.12. The van der Waals surface area contributed by atoms with Crippen molar-refractivity contribution in [2.75, 3.05) is 13.2 Å². The molecule has 0 aromatic rings. The van der Waals surface area contributed by atoms with Gasteiger partial charge in [-0.1, -0.05) is 122 Å². The molecule has 0 amide bonds. The molecular weight excluding hydrogens is 731 g/mol. The van der Waals surface area contributed by atoms with Crippen molar-refractivity contribution in [1.82, 2.24) is 0 Å². The smallest absolute Gasteiger partial charge is 0.462 e. The maximum absolute atomic E-state index is 12.8. The molecule has 0 bridgehead atoms. The summed E-state index contributed by atoms with van der Waals surface area (Å²) < 4.78 is 33.4. The van der Waals surface area contributed by atoms with E-state index in [2.05, 4.69) is 38.2 Å². The Morgan fingerprint density at radius 3 is 1.44 bits per heavy atom. The molecule has 1 aliphatic carbocycles. The lowest BCUT2D eigenvalue weighted by Gasteiger charge is -2.41. The number of phosphoric ester groups is 1. The minimum Gasteiger partial charge on any atom is -0.462 e. The molecule has 0 aromatic carbocycles. The molecule has 0 aromatic heterocycles. The van der Waals surface area contributed by atoms with Gasteiger partial charge < -0.3 is 39.9 Å². The first-order chi connectivity index (χ1) is 26.4. The van der Waals surface area contributed by atoms with Crippen molar-refractivity contribution in [1.29, 1.82) is 0 Å². The molecule has 1 aliphatic rings. The summed E-state index contributed by atoms with van der Waals surface area (Å²) in [6.07, 6.45) is 19.6. The van der Waals surface area contributed by atoms with Gasteiger partial charge in [-0.2, -0.15) is 0 Å². The summed E-state index contributed by atoms with van der Waals surface area (Å²) in [7, 11) is -5.11. The van der Waals surface area contributed by atoms with Crippen LogP contribution in [0.4, 0.5) is 0 Å². The molecule has 0 aliphatic heterocycles. The average molecular weight is 807 g/mol. The fraction of sp³-hybridized carbons (Fsp3) is 0.854. The third-order valence-electron chi connectivity index (χ3n) is 9.77. The van der Waals surface area contributed by atoms with Gasteiger partial charge in [-0.3, -0.25) is 18.6 Å². The second-order valence-electron chi connectivity index (χ2n) is 14.8. The Balaban J connectivity index is 2.50. The van der Waals surface area contributed by atoms with Crippen LogP contribution in [0, 0.1) is 0 Å². The molecule has 14 heteroatoms. The van der Waals surface area contributed by atoms with Gasteiger partial charge in [-0.25, -0.2) is 4.57 Å². The highest BCUT2D eigenvalue weighted by atomic mass is 31.2. The van der Waals surface area contributed by atoms with Crippen molar-refractivity contribution in [3.8, 4) is 0 Å². The van der Waals surface area contributed by atoms with E-state index in [9.17, 15) is 44.6 Å². The highest BCUT2D eigenvalue weighted by molar-refractivity contribution is 7.47. The van der Waals surface area contributed by atoms with E-state index in [4.69, 9.17) is 18.5 Å². The van der Waals surface area contributed by atoms with Crippen molar-refractivity contribution in [2.24, 2.45) is 0 Å². The molecule has 0 radical (unpaired) electrons. The third kappa shape index (κ3) is 25.3. The molecular formula is C41H75O13P. The summed E-state index contributed by atoms with van der Waals surface area (Å²) in [6, 6.07) is 0. The molecule has 0 spiro atoms. The number of carbonyl (C=O) groups excluding carboxylic acids is 2. The number of allylic oxidation sites excluding steroid dienone is 4. The van der Waals surface area contributed by atoms with E-state index >= 15 is 0 Å². The quantitative estimate of drug-likeness (QED) is 0.0164. The lowest BCUT2D eigenvalue weighted by Crippen LogP contribution is -2.64. The number of aliphatic hydroxyl groups excluding tert-OH is 5.